The van der Waals surface area contributed by atoms with Crippen LogP contribution in [0.3, 0.4) is 0 Å². The first-order valence-corrected chi connectivity index (χ1v) is 7.20. The molecule has 0 bridgehead atoms. The SMILES string of the molecule is CCN(CC)C1CCN(c2cc(NC)nc(C)n2)C1. The van der Waals surface area contributed by atoms with Crippen molar-refractivity contribution in [1.29, 1.82) is 0 Å². The average Bonchev–Trinajstić information content (AvgIpc) is 2.89. The molecule has 0 aromatic carbocycles. The van der Waals surface area contributed by atoms with Gasteiger partial charge in [-0.05, 0) is 26.4 Å². The van der Waals surface area contributed by atoms with E-state index >= 15 is 0 Å². The second-order valence-electron chi connectivity index (χ2n) is 5.02. The van der Waals surface area contributed by atoms with Crippen molar-refractivity contribution in [2.24, 2.45) is 0 Å². The van der Waals surface area contributed by atoms with Crippen molar-refractivity contribution in [1.82, 2.24) is 14.9 Å². The zero-order chi connectivity index (χ0) is 13.8. The fourth-order valence-electron chi connectivity index (χ4n) is 2.83. The lowest BCUT2D eigenvalue weighted by molar-refractivity contribution is 0.232. The Morgan fingerprint density at radius 1 is 1.37 bits per heavy atom. The van der Waals surface area contributed by atoms with Crippen LogP contribution in [0.4, 0.5) is 11.6 Å². The third-order valence-corrected chi connectivity index (χ3v) is 3.90. The molecule has 1 N–H and O–H groups in total. The van der Waals surface area contributed by atoms with Gasteiger partial charge in [-0.1, -0.05) is 13.8 Å². The topological polar surface area (TPSA) is 44.3 Å². The quantitative estimate of drug-likeness (QED) is 0.877. The van der Waals surface area contributed by atoms with Crippen LogP contribution in [0.25, 0.3) is 0 Å². The monoisotopic (exact) mass is 263 g/mol. The summed E-state index contributed by atoms with van der Waals surface area (Å²) in [6, 6.07) is 2.70. The van der Waals surface area contributed by atoms with E-state index in [0.717, 1.165) is 43.6 Å². The van der Waals surface area contributed by atoms with Gasteiger partial charge in [-0.15, -0.1) is 0 Å². The lowest BCUT2D eigenvalue weighted by atomic mass is 10.2. The molecule has 5 heteroatoms. The molecule has 1 aromatic heterocycles. The highest BCUT2D eigenvalue weighted by Crippen LogP contribution is 2.23. The summed E-state index contributed by atoms with van der Waals surface area (Å²) in [6.45, 7) is 10.8. The van der Waals surface area contributed by atoms with Crippen molar-refractivity contribution >= 4 is 11.6 Å². The molecule has 1 aliphatic heterocycles. The zero-order valence-electron chi connectivity index (χ0n) is 12.5. The van der Waals surface area contributed by atoms with Crippen LogP contribution < -0.4 is 10.2 Å². The van der Waals surface area contributed by atoms with E-state index in [9.17, 15) is 0 Å². The summed E-state index contributed by atoms with van der Waals surface area (Å²) in [5.74, 6) is 2.77. The molecule has 5 nitrogen and oxygen atoms in total. The van der Waals surface area contributed by atoms with Crippen LogP contribution >= 0.6 is 0 Å². The predicted octanol–water partition coefficient (Wildman–Crippen LogP) is 1.75. The summed E-state index contributed by atoms with van der Waals surface area (Å²) < 4.78 is 0. The van der Waals surface area contributed by atoms with Gasteiger partial charge in [-0.25, -0.2) is 9.97 Å². The van der Waals surface area contributed by atoms with E-state index in [1.54, 1.807) is 0 Å². The van der Waals surface area contributed by atoms with Crippen LogP contribution in [0, 0.1) is 6.92 Å². The highest BCUT2D eigenvalue weighted by Gasteiger charge is 2.27. The van der Waals surface area contributed by atoms with Gasteiger partial charge < -0.3 is 10.2 Å². The van der Waals surface area contributed by atoms with Crippen molar-refractivity contribution < 1.29 is 0 Å². The van der Waals surface area contributed by atoms with E-state index in [1.807, 2.05) is 20.0 Å². The lowest BCUT2D eigenvalue weighted by Gasteiger charge is -2.26. The van der Waals surface area contributed by atoms with Gasteiger partial charge in [-0.2, -0.15) is 0 Å². The van der Waals surface area contributed by atoms with Crippen molar-refractivity contribution in [3.05, 3.63) is 11.9 Å². The maximum absolute atomic E-state index is 4.57. The minimum Gasteiger partial charge on any atom is -0.373 e. The molecule has 2 rings (SSSR count). The molecule has 0 radical (unpaired) electrons. The number of hydrogen-bond donors (Lipinski definition) is 1. The maximum atomic E-state index is 4.57. The lowest BCUT2D eigenvalue weighted by Crippen LogP contribution is -2.37. The molecule has 1 aliphatic rings. The molecular formula is C14H25N5. The Morgan fingerprint density at radius 2 is 2.11 bits per heavy atom. The summed E-state index contributed by atoms with van der Waals surface area (Å²) >= 11 is 0. The number of aryl methyl sites for hydroxylation is 1. The Bertz CT molecular complexity index is 416. The van der Waals surface area contributed by atoms with Crippen LogP contribution in [-0.2, 0) is 0 Å². The number of anilines is 2. The molecule has 19 heavy (non-hydrogen) atoms. The smallest absolute Gasteiger partial charge is 0.134 e. The van der Waals surface area contributed by atoms with E-state index in [0.29, 0.717) is 6.04 Å². The predicted molar refractivity (Wildman–Crippen MR) is 79.9 cm³/mol. The molecule has 1 saturated heterocycles. The average molecular weight is 263 g/mol. The number of hydrogen-bond acceptors (Lipinski definition) is 5. The van der Waals surface area contributed by atoms with Gasteiger partial charge >= 0.3 is 0 Å². The van der Waals surface area contributed by atoms with Crippen LogP contribution in [0.2, 0.25) is 0 Å². The third kappa shape index (κ3) is 3.15. The van der Waals surface area contributed by atoms with E-state index < -0.39 is 0 Å². The van der Waals surface area contributed by atoms with Crippen LogP contribution in [0.5, 0.6) is 0 Å². The van der Waals surface area contributed by atoms with E-state index in [2.05, 4.69) is 38.9 Å². The van der Waals surface area contributed by atoms with Gasteiger partial charge in [0.25, 0.3) is 0 Å². The Labute approximate surface area is 116 Å². The summed E-state index contributed by atoms with van der Waals surface area (Å²) in [4.78, 5) is 13.8. The second kappa shape index (κ2) is 6.19. The molecular weight excluding hydrogens is 238 g/mol. The van der Waals surface area contributed by atoms with Gasteiger partial charge in [0.15, 0.2) is 0 Å². The summed E-state index contributed by atoms with van der Waals surface area (Å²) in [6.07, 6.45) is 1.22. The third-order valence-electron chi connectivity index (χ3n) is 3.90. The molecule has 106 valence electrons. The fraction of sp³-hybridized carbons (Fsp3) is 0.714. The minimum atomic E-state index is 0.656. The van der Waals surface area contributed by atoms with Crippen LogP contribution in [0.15, 0.2) is 6.07 Å². The van der Waals surface area contributed by atoms with Gasteiger partial charge in [0.05, 0.1) is 0 Å². The number of nitrogens with one attached hydrogen (secondary N) is 1. The molecule has 0 spiro atoms. The minimum absolute atomic E-state index is 0.656. The number of rotatable bonds is 5. The Morgan fingerprint density at radius 3 is 2.74 bits per heavy atom. The normalized spacial score (nSPS) is 19.2. The molecule has 0 amide bonds. The molecule has 2 heterocycles. The number of aromatic nitrogens is 2. The molecule has 1 aromatic rings. The summed E-state index contributed by atoms with van der Waals surface area (Å²) in [5.41, 5.74) is 0. The maximum Gasteiger partial charge on any atom is 0.134 e. The first-order chi connectivity index (χ1) is 9.17. The number of nitrogens with zero attached hydrogens (tertiary/aromatic N) is 4. The first-order valence-electron chi connectivity index (χ1n) is 7.20. The molecule has 1 fully saturated rings. The zero-order valence-corrected chi connectivity index (χ0v) is 12.5. The number of likely N-dealkylation sites (N-methyl/N-ethyl adjacent to an activating group) is 1. The van der Waals surface area contributed by atoms with E-state index in [4.69, 9.17) is 0 Å². The Balaban J connectivity index is 2.10. The van der Waals surface area contributed by atoms with E-state index in [1.165, 1.54) is 6.42 Å². The van der Waals surface area contributed by atoms with Gasteiger partial charge in [0.1, 0.15) is 17.5 Å². The molecule has 0 saturated carbocycles. The fourth-order valence-corrected chi connectivity index (χ4v) is 2.83. The summed E-state index contributed by atoms with van der Waals surface area (Å²) in [5, 5.41) is 3.10. The molecule has 1 unspecified atom stereocenters. The van der Waals surface area contributed by atoms with Gasteiger partial charge in [0, 0.05) is 32.2 Å². The van der Waals surface area contributed by atoms with Gasteiger partial charge in [0.2, 0.25) is 0 Å². The van der Waals surface area contributed by atoms with E-state index in [-0.39, 0.29) is 0 Å². The summed E-state index contributed by atoms with van der Waals surface area (Å²) in [7, 11) is 1.90. The second-order valence-corrected chi connectivity index (χ2v) is 5.02. The molecule has 1 atom stereocenters. The highest BCUT2D eigenvalue weighted by atomic mass is 15.3. The Hall–Kier alpha value is -1.36. The van der Waals surface area contributed by atoms with Crippen molar-refractivity contribution in [2.75, 3.05) is 43.4 Å². The van der Waals surface area contributed by atoms with Crippen molar-refractivity contribution in [3.8, 4) is 0 Å². The van der Waals surface area contributed by atoms with Gasteiger partial charge in [-0.3, -0.25) is 4.90 Å². The standard InChI is InChI=1S/C14H25N5/c1-5-18(6-2)12-7-8-19(10-12)14-9-13(15-4)16-11(3)17-14/h9,12H,5-8,10H2,1-4H3,(H,15,16,17). The first kappa shape index (κ1) is 14.1. The van der Waals surface area contributed by atoms with Crippen LogP contribution in [0.1, 0.15) is 26.1 Å². The van der Waals surface area contributed by atoms with Crippen molar-refractivity contribution in [2.45, 2.75) is 33.2 Å². The van der Waals surface area contributed by atoms with Crippen LogP contribution in [-0.4, -0.2) is 54.1 Å². The highest BCUT2D eigenvalue weighted by molar-refractivity contribution is 5.49. The molecule has 0 aliphatic carbocycles. The van der Waals surface area contributed by atoms with Crippen molar-refractivity contribution in [3.63, 3.8) is 0 Å². The largest absolute Gasteiger partial charge is 0.373 e. The Kier molecular flexibility index (Phi) is 4.58.